The van der Waals surface area contributed by atoms with Gasteiger partial charge in [0.2, 0.25) is 11.4 Å². The Morgan fingerprint density at radius 2 is 0.430 bits per heavy atom. The highest BCUT2D eigenvalue weighted by molar-refractivity contribution is 9.10. The molecule has 0 aliphatic carbocycles. The van der Waals surface area contributed by atoms with Crippen LogP contribution < -0.4 is 5.46 Å². The van der Waals surface area contributed by atoms with Gasteiger partial charge in [-0.3, -0.25) is 0 Å². The second kappa shape index (κ2) is 34.1. The summed E-state index contributed by atoms with van der Waals surface area (Å²) >= 11 is 3.46. The summed E-state index contributed by atoms with van der Waals surface area (Å²) in [4.78, 5) is 48.3. The molecular formula is C112H78BBrN10O4. The third-order valence-electron chi connectivity index (χ3n) is 23.8. The Labute approximate surface area is 747 Å². The second-order valence-corrected chi connectivity index (χ2v) is 33.5. The zero-order chi connectivity index (χ0) is 86.2. The fourth-order valence-electron chi connectivity index (χ4n) is 16.0. The fraction of sp³-hybridized carbons (Fsp3) is 0.0536. The van der Waals surface area contributed by atoms with Crippen molar-refractivity contribution in [2.45, 2.75) is 38.9 Å². The number of nitrogens with zero attached hydrogens (tertiary/aromatic N) is 10. The summed E-state index contributed by atoms with van der Waals surface area (Å²) in [6.45, 7) is 8.31. The minimum absolute atomic E-state index is 0.361. The molecule has 0 spiro atoms. The van der Waals surface area contributed by atoms with Gasteiger partial charge in [0, 0.05) is 48.6 Å². The molecule has 0 bridgehead atoms. The predicted octanol–water partition coefficient (Wildman–Crippen LogP) is 27.8. The number of para-hydroxylation sites is 4. The van der Waals surface area contributed by atoms with Crippen molar-refractivity contribution in [2.75, 3.05) is 0 Å². The van der Waals surface area contributed by atoms with Crippen LogP contribution in [0.25, 0.3) is 213 Å². The molecule has 0 amide bonds. The van der Waals surface area contributed by atoms with Crippen molar-refractivity contribution in [3.63, 3.8) is 0 Å². The van der Waals surface area contributed by atoms with Gasteiger partial charge >= 0.3 is 7.12 Å². The molecule has 128 heavy (non-hydrogen) atoms. The fourth-order valence-corrected chi connectivity index (χ4v) is 16.4. The summed E-state index contributed by atoms with van der Waals surface area (Å²) in [5.74, 6) is 3.83. The first-order valence-corrected chi connectivity index (χ1v) is 43.3. The van der Waals surface area contributed by atoms with Crippen LogP contribution in [0.4, 0.5) is 0 Å². The maximum Gasteiger partial charge on any atom is 0.494 e. The van der Waals surface area contributed by atoms with E-state index in [-0.39, 0.29) is 18.3 Å². The molecule has 0 saturated carbocycles. The van der Waals surface area contributed by atoms with E-state index in [9.17, 15) is 0 Å². The third-order valence-corrected chi connectivity index (χ3v) is 24.3. The summed E-state index contributed by atoms with van der Waals surface area (Å²) in [6, 6.07) is 137. The van der Waals surface area contributed by atoms with E-state index in [0.29, 0.717) is 46.4 Å². The Morgan fingerprint density at radius 3 is 0.734 bits per heavy atom. The van der Waals surface area contributed by atoms with Gasteiger partial charge < -0.3 is 18.1 Å². The maximum atomic E-state index is 6.23. The highest BCUT2D eigenvalue weighted by atomic mass is 79.9. The molecule has 0 N–H and O–H groups in total. The summed E-state index contributed by atoms with van der Waals surface area (Å²) in [7, 11) is -0.366. The van der Waals surface area contributed by atoms with Gasteiger partial charge in [0.05, 0.1) is 33.3 Å². The smallest absolute Gasteiger partial charge is 0.436 e. The van der Waals surface area contributed by atoms with Gasteiger partial charge in [-0.25, -0.2) is 49.8 Å². The van der Waals surface area contributed by atoms with Gasteiger partial charge in [0.1, 0.15) is 22.2 Å². The topological polar surface area (TPSA) is 174 Å². The molecule has 16 aromatic carbocycles. The Balaban J connectivity index is 0.000000131. The standard InChI is InChI=1S/C53H33N5O.C45H38BN3O2.C14H7BrN2O/c1-3-9-34(10-4-1)35-23-27-42(28-24-35)51-56-50(41-11-5-2-6-12-41)57-52(58-51)43-29-25-39(26-30-43)37-17-15-36(16-18-37)38-19-21-40(22-20-38)44-31-32-48-45(33-44)49-53(59-48)55-47-14-8-7-13-46(47)54-49;1-44(2)45(3,4)51-46(50-44)40-29-27-36(28-30-40)34-17-15-33(16-18-34)35-21-25-39(26-22-35)43-48-41(37-13-9-6-10-14-37)47-42(49-43)38-23-19-32(20-24-38)31-11-7-5-8-12-31;15-8-5-6-12-9(7-8)13-14(18-12)17-11-4-2-1-3-10(11)16-13/h1-33H;5-30H,1-4H3;1-7H. The van der Waals surface area contributed by atoms with E-state index in [4.69, 9.17) is 58.0 Å². The number of hydrogen-bond acceptors (Lipinski definition) is 14. The highest BCUT2D eigenvalue weighted by Gasteiger charge is 2.51. The average Bonchev–Trinajstić information content (AvgIpc) is 1.62. The van der Waals surface area contributed by atoms with Gasteiger partial charge in [-0.15, -0.1) is 0 Å². The molecule has 23 rings (SSSR count). The number of halogens is 1. The lowest BCUT2D eigenvalue weighted by atomic mass is 9.78. The Kier molecular flexibility index (Phi) is 21.2. The molecular weight excluding hydrogens is 1640 g/mol. The molecule has 16 heteroatoms. The van der Waals surface area contributed by atoms with Gasteiger partial charge in [0.25, 0.3) is 0 Å². The first kappa shape index (κ1) is 79.5. The molecule has 1 fully saturated rings. The van der Waals surface area contributed by atoms with Crippen LogP contribution in [0.1, 0.15) is 27.7 Å². The van der Waals surface area contributed by atoms with E-state index in [2.05, 4.69) is 308 Å². The van der Waals surface area contributed by atoms with E-state index >= 15 is 0 Å². The van der Waals surface area contributed by atoms with Crippen LogP contribution in [0, 0.1) is 0 Å². The van der Waals surface area contributed by atoms with Gasteiger partial charge in [-0.05, 0) is 166 Å². The molecule has 7 heterocycles. The summed E-state index contributed by atoms with van der Waals surface area (Å²) in [5, 5.41) is 1.95. The number of hydrogen-bond donors (Lipinski definition) is 0. The lowest BCUT2D eigenvalue weighted by Crippen LogP contribution is -2.41. The predicted molar refractivity (Wildman–Crippen MR) is 521 cm³/mol. The van der Waals surface area contributed by atoms with Gasteiger partial charge in [0.15, 0.2) is 34.9 Å². The van der Waals surface area contributed by atoms with E-state index in [0.717, 1.165) is 165 Å². The number of fused-ring (bicyclic) bond motifs is 8. The summed E-state index contributed by atoms with van der Waals surface area (Å²) < 4.78 is 25.3. The normalized spacial score (nSPS) is 12.8. The average molecular weight is 1720 g/mol. The minimum atomic E-state index is -0.366. The first-order valence-electron chi connectivity index (χ1n) is 42.5. The number of benzene rings is 16. The monoisotopic (exact) mass is 1720 g/mol. The molecule has 0 unspecified atom stereocenters. The third kappa shape index (κ3) is 16.4. The quantitative estimate of drug-likeness (QED) is 0.0941. The van der Waals surface area contributed by atoms with Crippen molar-refractivity contribution in [3.05, 3.63) is 405 Å². The first-order chi connectivity index (χ1) is 62.7. The molecule has 1 aliphatic rings. The Morgan fingerprint density at radius 1 is 0.211 bits per heavy atom. The number of aromatic nitrogens is 10. The van der Waals surface area contributed by atoms with Crippen molar-refractivity contribution in [2.24, 2.45) is 0 Å². The molecule has 22 aromatic rings. The van der Waals surface area contributed by atoms with Crippen LogP contribution in [0.5, 0.6) is 0 Å². The Bertz CT molecular complexity index is 7800. The van der Waals surface area contributed by atoms with E-state index < -0.39 is 0 Å². The number of rotatable bonds is 14. The Hall–Kier alpha value is -15.7. The van der Waals surface area contributed by atoms with E-state index in [1.165, 1.54) is 11.1 Å². The minimum Gasteiger partial charge on any atom is -0.436 e. The van der Waals surface area contributed by atoms with E-state index in [1.807, 2.05) is 146 Å². The van der Waals surface area contributed by atoms with Crippen LogP contribution in [-0.2, 0) is 9.31 Å². The van der Waals surface area contributed by atoms with Gasteiger partial charge in [-0.1, -0.05) is 362 Å². The lowest BCUT2D eigenvalue weighted by molar-refractivity contribution is 0.00578. The lowest BCUT2D eigenvalue weighted by Gasteiger charge is -2.32. The van der Waals surface area contributed by atoms with Crippen molar-refractivity contribution < 1.29 is 18.1 Å². The highest BCUT2D eigenvalue weighted by Crippen LogP contribution is 2.40. The maximum absolute atomic E-state index is 6.23. The van der Waals surface area contributed by atoms with Crippen LogP contribution in [0.3, 0.4) is 0 Å². The SMILES string of the molecule is Brc1ccc2oc3nc4ccccc4nc3c2c1.CC1(C)OB(c2ccc(-c3ccc(-c4ccc(-c5nc(-c6ccccc6)nc(-c6ccc(-c7ccccc7)cc6)n5)cc4)cc3)cc2)OC1(C)C.c1ccc(-c2ccc(-c3nc(-c4ccccc4)nc(-c4ccc(-c5ccc(-c6ccc(-c7ccc8oc9nc%10ccccc%10nc9c8c7)cc6)cc5)cc4)n3)cc2)cc1. The number of furan rings is 2. The zero-order valence-electron chi connectivity index (χ0n) is 70.2. The van der Waals surface area contributed by atoms with Crippen LogP contribution >= 0.6 is 15.9 Å². The van der Waals surface area contributed by atoms with Crippen molar-refractivity contribution in [1.29, 1.82) is 0 Å². The molecule has 6 aromatic heterocycles. The van der Waals surface area contributed by atoms with Crippen molar-refractivity contribution in [3.8, 4) is 146 Å². The van der Waals surface area contributed by atoms with Crippen LogP contribution in [0.2, 0.25) is 0 Å². The molecule has 1 aliphatic heterocycles. The summed E-state index contributed by atoms with van der Waals surface area (Å²) in [5.41, 5.74) is 29.6. The van der Waals surface area contributed by atoms with Crippen molar-refractivity contribution in [1.82, 2.24) is 49.8 Å². The molecule has 1 saturated heterocycles. The van der Waals surface area contributed by atoms with Crippen LogP contribution in [0.15, 0.2) is 414 Å². The zero-order valence-corrected chi connectivity index (χ0v) is 71.8. The summed E-state index contributed by atoms with van der Waals surface area (Å²) in [6.07, 6.45) is 0. The largest absolute Gasteiger partial charge is 0.494 e. The van der Waals surface area contributed by atoms with Crippen LogP contribution in [-0.4, -0.2) is 68.2 Å². The molecule has 0 radical (unpaired) electrons. The second-order valence-electron chi connectivity index (χ2n) is 32.6. The molecule has 14 nitrogen and oxygen atoms in total. The van der Waals surface area contributed by atoms with E-state index in [1.54, 1.807) is 0 Å². The van der Waals surface area contributed by atoms with Gasteiger partial charge in [-0.2, -0.15) is 0 Å². The molecule has 610 valence electrons. The molecule has 0 atom stereocenters. The van der Waals surface area contributed by atoms with Crippen molar-refractivity contribution >= 4 is 95.0 Å².